The van der Waals surface area contributed by atoms with Crippen molar-refractivity contribution in [1.82, 2.24) is 4.83 Å². The minimum Gasteiger partial charge on any atom is -0.493 e. The van der Waals surface area contributed by atoms with E-state index in [0.29, 0.717) is 22.4 Å². The summed E-state index contributed by atoms with van der Waals surface area (Å²) in [5.41, 5.74) is 0.725. The Morgan fingerprint density at radius 3 is 2.31 bits per heavy atom. The third kappa shape index (κ3) is 4.47. The molecule has 32 heavy (non-hydrogen) atoms. The predicted molar refractivity (Wildman–Crippen MR) is 119 cm³/mol. The highest BCUT2D eigenvalue weighted by atomic mass is 32.2. The Kier molecular flexibility index (Phi) is 5.91. The molecule has 0 spiro atoms. The van der Waals surface area contributed by atoms with Crippen molar-refractivity contribution in [2.45, 2.75) is 4.90 Å². The summed E-state index contributed by atoms with van der Waals surface area (Å²) in [6.07, 6.45) is 0. The van der Waals surface area contributed by atoms with Gasteiger partial charge in [-0.05, 0) is 36.4 Å². The summed E-state index contributed by atoms with van der Waals surface area (Å²) in [6.45, 7) is 0. The molecule has 0 aliphatic rings. The molecule has 162 valence electrons. The van der Waals surface area contributed by atoms with Gasteiger partial charge in [0.05, 0.1) is 12.0 Å². The Hall–Kier alpha value is -4.11. The van der Waals surface area contributed by atoms with Crippen molar-refractivity contribution in [2.24, 2.45) is 5.10 Å². The van der Waals surface area contributed by atoms with Crippen molar-refractivity contribution in [2.75, 3.05) is 12.4 Å². The maximum Gasteiger partial charge on any atom is 0.276 e. The van der Waals surface area contributed by atoms with Crippen LogP contribution in [0.1, 0.15) is 10.4 Å². The number of rotatable bonds is 6. The van der Waals surface area contributed by atoms with Gasteiger partial charge in [-0.15, -0.1) is 5.10 Å². The highest BCUT2D eigenvalue weighted by molar-refractivity contribution is 7.89. The number of benzene rings is 3. The van der Waals surface area contributed by atoms with Crippen LogP contribution < -0.4 is 20.4 Å². The molecule has 4 rings (SSSR count). The maximum absolute atomic E-state index is 13.0. The van der Waals surface area contributed by atoms with E-state index in [1.54, 1.807) is 66.7 Å². The van der Waals surface area contributed by atoms with Crippen molar-refractivity contribution >= 4 is 32.6 Å². The Morgan fingerprint density at radius 1 is 0.938 bits per heavy atom. The molecule has 0 unspecified atom stereocenters. The number of nitrogens with one attached hydrogen (secondary N) is 2. The molecule has 0 aliphatic heterocycles. The van der Waals surface area contributed by atoms with Crippen LogP contribution in [0.2, 0.25) is 0 Å². The molecule has 8 nitrogen and oxygen atoms in total. The number of methoxy groups -OCH3 is 1. The quantitative estimate of drug-likeness (QED) is 0.438. The van der Waals surface area contributed by atoms with Crippen LogP contribution in [0, 0.1) is 0 Å². The number of nitrogens with zero attached hydrogens (tertiary/aromatic N) is 1. The second kappa shape index (κ2) is 8.94. The van der Waals surface area contributed by atoms with Crippen LogP contribution in [0.25, 0.3) is 11.0 Å². The van der Waals surface area contributed by atoms with E-state index in [1.807, 2.05) is 6.07 Å². The normalized spacial score (nSPS) is 11.8. The zero-order chi connectivity index (χ0) is 22.6. The minimum atomic E-state index is -3.97. The average Bonchev–Trinajstić information content (AvgIpc) is 2.83. The molecule has 0 atom stereocenters. The topological polar surface area (TPSA) is 110 Å². The smallest absolute Gasteiger partial charge is 0.276 e. The molecule has 0 radical (unpaired) electrons. The molecule has 1 aromatic heterocycles. The lowest BCUT2D eigenvalue weighted by atomic mass is 10.1. The highest BCUT2D eigenvalue weighted by Gasteiger charge is 2.17. The predicted octanol–water partition coefficient (Wildman–Crippen LogP) is 3.49. The second-order valence-corrected chi connectivity index (χ2v) is 8.34. The van der Waals surface area contributed by atoms with E-state index in [0.717, 1.165) is 0 Å². The van der Waals surface area contributed by atoms with E-state index in [9.17, 15) is 13.2 Å². The van der Waals surface area contributed by atoms with E-state index in [1.165, 1.54) is 19.2 Å². The SMILES string of the molecule is COc1cccc2cc(C(=O)Nc3ccccc3)/c(=N/NS(=O)(=O)c3ccccc3)oc12. The molecule has 0 bridgehead atoms. The van der Waals surface area contributed by atoms with Gasteiger partial charge in [0.2, 0.25) is 5.55 Å². The van der Waals surface area contributed by atoms with Gasteiger partial charge in [0, 0.05) is 11.1 Å². The van der Waals surface area contributed by atoms with Crippen LogP contribution in [0.5, 0.6) is 5.75 Å². The Labute approximate surface area is 184 Å². The summed E-state index contributed by atoms with van der Waals surface area (Å²) >= 11 is 0. The molecule has 0 saturated carbocycles. The van der Waals surface area contributed by atoms with Gasteiger partial charge in [0.1, 0.15) is 5.56 Å². The van der Waals surface area contributed by atoms with Gasteiger partial charge in [-0.1, -0.05) is 48.5 Å². The molecule has 9 heteroatoms. The summed E-state index contributed by atoms with van der Waals surface area (Å²) in [7, 11) is -2.49. The van der Waals surface area contributed by atoms with E-state index in [2.05, 4.69) is 15.2 Å². The maximum atomic E-state index is 13.0. The molecule has 0 fully saturated rings. The largest absolute Gasteiger partial charge is 0.493 e. The zero-order valence-corrected chi connectivity index (χ0v) is 17.8. The molecular formula is C23H19N3O5S. The molecule has 1 amide bonds. The van der Waals surface area contributed by atoms with Crippen molar-refractivity contribution in [1.29, 1.82) is 0 Å². The fraction of sp³-hybridized carbons (Fsp3) is 0.0435. The third-order valence-electron chi connectivity index (χ3n) is 4.56. The molecule has 4 aromatic rings. The van der Waals surface area contributed by atoms with Crippen LogP contribution in [0.4, 0.5) is 5.69 Å². The number of carbonyl (C=O) groups is 1. The molecular weight excluding hydrogens is 430 g/mol. The first kappa shape index (κ1) is 21.1. The summed E-state index contributed by atoms with van der Waals surface area (Å²) in [5.74, 6) is -0.0952. The first-order chi connectivity index (χ1) is 15.5. The van der Waals surface area contributed by atoms with Crippen molar-refractivity contribution < 1.29 is 22.4 Å². The van der Waals surface area contributed by atoms with Gasteiger partial charge >= 0.3 is 0 Å². The summed E-state index contributed by atoms with van der Waals surface area (Å²) in [4.78, 5) is 15.1. The van der Waals surface area contributed by atoms with Gasteiger partial charge in [0.25, 0.3) is 15.9 Å². The van der Waals surface area contributed by atoms with Crippen molar-refractivity contribution in [3.63, 3.8) is 0 Å². The zero-order valence-electron chi connectivity index (χ0n) is 17.0. The number of ether oxygens (including phenoxy) is 1. The number of hydrogen-bond donors (Lipinski definition) is 2. The Bertz CT molecular complexity index is 1430. The average molecular weight is 449 g/mol. The number of para-hydroxylation sites is 2. The molecule has 1 heterocycles. The third-order valence-corrected chi connectivity index (χ3v) is 5.78. The van der Waals surface area contributed by atoms with Crippen molar-refractivity contribution in [3.8, 4) is 5.75 Å². The van der Waals surface area contributed by atoms with Crippen molar-refractivity contribution in [3.05, 3.63) is 96.0 Å². The van der Waals surface area contributed by atoms with E-state index < -0.39 is 15.9 Å². The highest BCUT2D eigenvalue weighted by Crippen LogP contribution is 2.24. The van der Waals surface area contributed by atoms with E-state index in [-0.39, 0.29) is 16.0 Å². The lowest BCUT2D eigenvalue weighted by molar-refractivity contribution is 0.102. The standard InChI is InChI=1S/C23H19N3O5S/c1-30-20-14-8-9-16-15-19(22(27)24-17-10-4-2-5-11-17)23(31-21(16)20)25-26-32(28,29)18-12-6-3-7-13-18/h2-15,26H,1H3,(H,24,27)/b25-23-. The fourth-order valence-electron chi connectivity index (χ4n) is 3.00. The summed E-state index contributed by atoms with van der Waals surface area (Å²) in [5, 5.41) is 7.27. The fourth-order valence-corrected chi connectivity index (χ4v) is 3.83. The number of sulfonamides is 1. The Morgan fingerprint density at radius 2 is 1.62 bits per heavy atom. The lowest BCUT2D eigenvalue weighted by Crippen LogP contribution is -2.27. The van der Waals surface area contributed by atoms with Gasteiger partial charge in [-0.2, -0.15) is 13.2 Å². The lowest BCUT2D eigenvalue weighted by Gasteiger charge is -2.09. The van der Waals surface area contributed by atoms with Crippen LogP contribution in [0.15, 0.2) is 99.3 Å². The van der Waals surface area contributed by atoms with Crippen LogP contribution >= 0.6 is 0 Å². The number of amides is 1. The number of fused-ring (bicyclic) bond motifs is 1. The number of hydrogen-bond acceptors (Lipinski definition) is 6. The second-order valence-electron chi connectivity index (χ2n) is 6.68. The molecule has 0 saturated heterocycles. The van der Waals surface area contributed by atoms with Crippen LogP contribution in [0.3, 0.4) is 0 Å². The van der Waals surface area contributed by atoms with E-state index in [4.69, 9.17) is 9.15 Å². The van der Waals surface area contributed by atoms with Gasteiger partial charge in [-0.3, -0.25) is 4.79 Å². The molecule has 2 N–H and O–H groups in total. The molecule has 0 aliphatic carbocycles. The Balaban J connectivity index is 1.82. The van der Waals surface area contributed by atoms with Crippen LogP contribution in [-0.4, -0.2) is 21.4 Å². The first-order valence-corrected chi connectivity index (χ1v) is 11.0. The van der Waals surface area contributed by atoms with Crippen LogP contribution in [-0.2, 0) is 10.0 Å². The first-order valence-electron chi connectivity index (χ1n) is 9.56. The molecule has 3 aromatic carbocycles. The van der Waals surface area contributed by atoms with Gasteiger partial charge in [-0.25, -0.2) is 0 Å². The van der Waals surface area contributed by atoms with Gasteiger partial charge < -0.3 is 14.5 Å². The monoisotopic (exact) mass is 449 g/mol. The summed E-state index contributed by atoms with van der Waals surface area (Å²) < 4.78 is 36.3. The minimum absolute atomic E-state index is 0.0254. The number of carbonyl (C=O) groups excluding carboxylic acids is 1. The van der Waals surface area contributed by atoms with E-state index >= 15 is 0 Å². The number of anilines is 1. The summed E-state index contributed by atoms with van der Waals surface area (Å²) in [6, 6.07) is 23.4. The van der Waals surface area contributed by atoms with Gasteiger partial charge in [0.15, 0.2) is 11.3 Å².